The highest BCUT2D eigenvalue weighted by atomic mass is 19.4. The first kappa shape index (κ1) is 17.0. The summed E-state index contributed by atoms with van der Waals surface area (Å²) in [6.07, 6.45) is -5.85. The van der Waals surface area contributed by atoms with E-state index in [2.05, 4.69) is 0 Å². The fraction of sp³-hybridized carbons (Fsp3) is 1.00. The van der Waals surface area contributed by atoms with E-state index in [0.29, 0.717) is 13.0 Å². The molecule has 2 fully saturated rings. The molecule has 0 amide bonds. The maximum Gasteiger partial charge on any atom is 0.391 e. The van der Waals surface area contributed by atoms with Gasteiger partial charge in [-0.2, -0.15) is 13.2 Å². The zero-order chi connectivity index (χ0) is 15.8. The molecule has 7 heteroatoms. The number of likely N-dealkylation sites (tertiary alicyclic amines) is 1. The molecule has 2 rings (SSSR count). The van der Waals surface area contributed by atoms with Crippen molar-refractivity contribution in [2.24, 2.45) is 11.8 Å². The molecule has 2 aliphatic rings. The fourth-order valence-electron chi connectivity index (χ4n) is 3.57. The molecule has 1 saturated carbocycles. The maximum atomic E-state index is 12.8. The number of nitrogens with zero attached hydrogens (tertiary/aromatic N) is 1. The molecule has 3 N–H and O–H groups in total. The number of alkyl halides is 3. The van der Waals surface area contributed by atoms with Crippen LogP contribution >= 0.6 is 0 Å². The third-order valence-corrected chi connectivity index (χ3v) is 4.97. The first-order valence-corrected chi connectivity index (χ1v) is 7.55. The van der Waals surface area contributed by atoms with Gasteiger partial charge in [0.1, 0.15) is 6.10 Å². The third-order valence-electron chi connectivity index (χ3n) is 4.97. The Kier molecular flexibility index (Phi) is 5.18. The lowest BCUT2D eigenvalue weighted by atomic mass is 9.80. The zero-order valence-electron chi connectivity index (χ0n) is 12.1. The van der Waals surface area contributed by atoms with Crippen LogP contribution in [0.25, 0.3) is 0 Å². The van der Waals surface area contributed by atoms with E-state index in [4.69, 9.17) is 0 Å². The molecular weight excluding hydrogens is 287 g/mol. The van der Waals surface area contributed by atoms with Crippen LogP contribution in [-0.4, -0.2) is 63.8 Å². The average molecular weight is 311 g/mol. The summed E-state index contributed by atoms with van der Waals surface area (Å²) in [6, 6.07) is -0.366. The molecule has 4 nitrogen and oxygen atoms in total. The Bertz CT molecular complexity index is 353. The summed E-state index contributed by atoms with van der Waals surface area (Å²) in [5.74, 6) is -1.32. The minimum absolute atomic E-state index is 0.0810. The number of piperidine rings is 1. The Hall–Kier alpha value is -0.370. The van der Waals surface area contributed by atoms with Crippen molar-refractivity contribution in [3.8, 4) is 0 Å². The van der Waals surface area contributed by atoms with Crippen molar-refractivity contribution < 1.29 is 28.5 Å². The Balaban J connectivity index is 1.94. The third kappa shape index (κ3) is 3.88. The summed E-state index contributed by atoms with van der Waals surface area (Å²) in [6.45, 7) is 2.34. The van der Waals surface area contributed by atoms with Gasteiger partial charge in [-0.15, -0.1) is 0 Å². The van der Waals surface area contributed by atoms with E-state index >= 15 is 0 Å². The SMILES string of the molecule is C[C@@H]1[C@@H](O)[C@H](O)[C@@H](O)CN1C[C@@H]1CCC[C@@H](C(F)(F)F)C1. The number of hydrogen-bond donors (Lipinski definition) is 3. The first-order chi connectivity index (χ1) is 9.70. The molecule has 1 saturated heterocycles. The molecule has 0 aromatic carbocycles. The van der Waals surface area contributed by atoms with Crippen LogP contribution in [0.4, 0.5) is 13.2 Å². The Morgan fingerprint density at radius 2 is 1.76 bits per heavy atom. The topological polar surface area (TPSA) is 63.9 Å². The number of β-amino-alcohol motifs (C(OH)–C–C–N with tert-alkyl or cyclic N) is 1. The standard InChI is InChI=1S/C14H24F3NO3/c1-8-12(20)13(21)11(19)7-18(8)6-9-3-2-4-10(5-9)14(15,16)17/h8-13,19-21H,2-7H2,1H3/t8-,9-,10-,11+,12-,13-/m1/s1. The molecule has 0 bridgehead atoms. The van der Waals surface area contributed by atoms with Crippen LogP contribution in [0.1, 0.15) is 32.6 Å². The number of aliphatic hydroxyl groups excluding tert-OH is 3. The van der Waals surface area contributed by atoms with E-state index in [1.165, 1.54) is 0 Å². The highest BCUT2D eigenvalue weighted by Crippen LogP contribution is 2.40. The van der Waals surface area contributed by atoms with E-state index < -0.39 is 30.4 Å². The van der Waals surface area contributed by atoms with Gasteiger partial charge in [0.05, 0.1) is 18.1 Å². The Morgan fingerprint density at radius 3 is 2.38 bits per heavy atom. The van der Waals surface area contributed by atoms with Crippen LogP contribution < -0.4 is 0 Å². The maximum absolute atomic E-state index is 12.8. The number of halogens is 3. The Morgan fingerprint density at radius 1 is 1.10 bits per heavy atom. The molecule has 124 valence electrons. The van der Waals surface area contributed by atoms with E-state index in [-0.39, 0.29) is 31.3 Å². The van der Waals surface area contributed by atoms with Crippen LogP contribution in [0.15, 0.2) is 0 Å². The van der Waals surface area contributed by atoms with Gasteiger partial charge in [0.25, 0.3) is 0 Å². The van der Waals surface area contributed by atoms with Crippen LogP contribution in [0.5, 0.6) is 0 Å². The summed E-state index contributed by atoms with van der Waals surface area (Å²) in [7, 11) is 0. The molecule has 0 aromatic rings. The van der Waals surface area contributed by atoms with Crippen molar-refractivity contribution in [3.05, 3.63) is 0 Å². The summed E-state index contributed by atoms with van der Waals surface area (Å²) < 4.78 is 38.5. The zero-order valence-corrected chi connectivity index (χ0v) is 12.1. The predicted molar refractivity (Wildman–Crippen MR) is 70.6 cm³/mol. The summed E-state index contributed by atoms with van der Waals surface area (Å²) in [5, 5.41) is 29.2. The van der Waals surface area contributed by atoms with Crippen molar-refractivity contribution in [3.63, 3.8) is 0 Å². The second-order valence-corrected chi connectivity index (χ2v) is 6.51. The molecule has 6 atom stereocenters. The van der Waals surface area contributed by atoms with E-state index in [1.807, 2.05) is 0 Å². The van der Waals surface area contributed by atoms with E-state index in [9.17, 15) is 28.5 Å². The van der Waals surface area contributed by atoms with Crippen molar-refractivity contribution in [1.82, 2.24) is 4.90 Å². The van der Waals surface area contributed by atoms with Crippen LogP contribution in [0.2, 0.25) is 0 Å². The van der Waals surface area contributed by atoms with E-state index in [1.54, 1.807) is 11.8 Å². The molecule has 0 unspecified atom stereocenters. The molecule has 0 aromatic heterocycles. The number of rotatable bonds is 2. The van der Waals surface area contributed by atoms with Crippen LogP contribution in [0, 0.1) is 11.8 Å². The fourth-order valence-corrected chi connectivity index (χ4v) is 3.57. The van der Waals surface area contributed by atoms with E-state index in [0.717, 1.165) is 6.42 Å². The van der Waals surface area contributed by atoms with Crippen molar-refractivity contribution in [2.45, 2.75) is 63.1 Å². The summed E-state index contributed by atoms with van der Waals surface area (Å²) in [5.41, 5.74) is 0. The minimum atomic E-state index is -4.14. The van der Waals surface area contributed by atoms with Gasteiger partial charge < -0.3 is 15.3 Å². The summed E-state index contributed by atoms with van der Waals surface area (Å²) in [4.78, 5) is 1.80. The lowest BCUT2D eigenvalue weighted by Crippen LogP contribution is -2.61. The largest absolute Gasteiger partial charge is 0.391 e. The summed E-state index contributed by atoms with van der Waals surface area (Å²) >= 11 is 0. The van der Waals surface area contributed by atoms with Gasteiger partial charge in [-0.3, -0.25) is 4.90 Å². The number of aliphatic hydroxyl groups is 3. The second kappa shape index (κ2) is 6.40. The lowest BCUT2D eigenvalue weighted by Gasteiger charge is -2.44. The molecular formula is C14H24F3NO3. The van der Waals surface area contributed by atoms with Crippen LogP contribution in [0.3, 0.4) is 0 Å². The van der Waals surface area contributed by atoms with Crippen molar-refractivity contribution >= 4 is 0 Å². The van der Waals surface area contributed by atoms with Gasteiger partial charge in [0.15, 0.2) is 0 Å². The molecule has 1 aliphatic carbocycles. The minimum Gasteiger partial charge on any atom is -0.389 e. The molecule has 0 spiro atoms. The lowest BCUT2D eigenvalue weighted by molar-refractivity contribution is -0.187. The quantitative estimate of drug-likeness (QED) is 0.716. The van der Waals surface area contributed by atoms with Gasteiger partial charge in [0.2, 0.25) is 0 Å². The molecule has 0 radical (unpaired) electrons. The molecule has 21 heavy (non-hydrogen) atoms. The number of hydrogen-bond acceptors (Lipinski definition) is 4. The van der Waals surface area contributed by atoms with Crippen molar-refractivity contribution in [1.29, 1.82) is 0 Å². The van der Waals surface area contributed by atoms with Crippen LogP contribution in [-0.2, 0) is 0 Å². The molecule has 1 heterocycles. The second-order valence-electron chi connectivity index (χ2n) is 6.51. The normalized spacial score (nSPS) is 43.0. The molecule has 1 aliphatic heterocycles. The van der Waals surface area contributed by atoms with Gasteiger partial charge in [0, 0.05) is 19.1 Å². The Labute approximate surface area is 122 Å². The first-order valence-electron chi connectivity index (χ1n) is 7.55. The monoisotopic (exact) mass is 311 g/mol. The highest BCUT2D eigenvalue weighted by molar-refractivity contribution is 4.93. The average Bonchev–Trinajstić information content (AvgIpc) is 2.42. The van der Waals surface area contributed by atoms with Gasteiger partial charge in [-0.1, -0.05) is 6.42 Å². The van der Waals surface area contributed by atoms with Gasteiger partial charge in [-0.05, 0) is 32.1 Å². The van der Waals surface area contributed by atoms with Gasteiger partial charge in [-0.25, -0.2) is 0 Å². The predicted octanol–water partition coefficient (Wildman–Crippen LogP) is 1.14. The highest BCUT2D eigenvalue weighted by Gasteiger charge is 2.44. The van der Waals surface area contributed by atoms with Crippen molar-refractivity contribution in [2.75, 3.05) is 13.1 Å². The smallest absolute Gasteiger partial charge is 0.389 e. The van der Waals surface area contributed by atoms with Gasteiger partial charge >= 0.3 is 6.18 Å².